The summed E-state index contributed by atoms with van der Waals surface area (Å²) in [6.45, 7) is 0. The number of hydrogen-bond acceptors (Lipinski definition) is 4. The van der Waals surface area contributed by atoms with Crippen LogP contribution in [-0.2, 0) is 4.74 Å². The van der Waals surface area contributed by atoms with Crippen LogP contribution < -0.4 is 11.1 Å². The fourth-order valence-corrected chi connectivity index (χ4v) is 1.76. The minimum atomic E-state index is -0.542. The van der Waals surface area contributed by atoms with Gasteiger partial charge in [-0.3, -0.25) is 0 Å². The van der Waals surface area contributed by atoms with Gasteiger partial charge in [-0.05, 0) is 36.4 Å². The van der Waals surface area contributed by atoms with Gasteiger partial charge >= 0.3 is 5.97 Å². The molecule has 2 aromatic carbocycles. The van der Waals surface area contributed by atoms with Gasteiger partial charge in [0.2, 0.25) is 0 Å². The average molecular weight is 295 g/mol. The Balaban J connectivity index is 2.32. The van der Waals surface area contributed by atoms with Gasteiger partial charge in [0, 0.05) is 5.69 Å². The number of nitrogens with one attached hydrogen (secondary N) is 1. The van der Waals surface area contributed by atoms with Crippen molar-refractivity contribution in [2.24, 2.45) is 0 Å². The van der Waals surface area contributed by atoms with Crippen molar-refractivity contribution < 1.29 is 13.9 Å². The Morgan fingerprint density at radius 3 is 2.70 bits per heavy atom. The van der Waals surface area contributed by atoms with Crippen LogP contribution in [0.15, 0.2) is 36.4 Å². The molecule has 0 atom stereocenters. The molecule has 0 aliphatic rings. The Bertz CT molecular complexity index is 662. The first-order valence-corrected chi connectivity index (χ1v) is 6.09. The number of rotatable bonds is 3. The van der Waals surface area contributed by atoms with E-state index in [1.54, 1.807) is 18.2 Å². The van der Waals surface area contributed by atoms with Gasteiger partial charge in [0.1, 0.15) is 5.82 Å². The Kier molecular flexibility index (Phi) is 4.10. The SMILES string of the molecule is COC(=O)c1ccc(N)c(Nc2ccc(Cl)c(F)c2)c1. The summed E-state index contributed by atoms with van der Waals surface area (Å²) in [6.07, 6.45) is 0. The highest BCUT2D eigenvalue weighted by Gasteiger charge is 2.09. The first-order valence-electron chi connectivity index (χ1n) is 5.71. The van der Waals surface area contributed by atoms with Crippen LogP contribution in [0.3, 0.4) is 0 Å². The van der Waals surface area contributed by atoms with Crippen molar-refractivity contribution in [2.45, 2.75) is 0 Å². The Labute approximate surface area is 120 Å². The van der Waals surface area contributed by atoms with E-state index in [1.807, 2.05) is 0 Å². The second kappa shape index (κ2) is 5.79. The van der Waals surface area contributed by atoms with Gasteiger partial charge in [-0.15, -0.1) is 0 Å². The molecule has 0 saturated heterocycles. The molecule has 6 heteroatoms. The first kappa shape index (κ1) is 14.1. The standard InChI is InChI=1S/C14H12ClFN2O2/c1-20-14(19)8-2-5-12(17)13(6-8)18-9-3-4-10(15)11(16)7-9/h2-7,18H,17H2,1H3. The highest BCUT2D eigenvalue weighted by molar-refractivity contribution is 6.30. The molecule has 0 heterocycles. The maximum absolute atomic E-state index is 13.4. The van der Waals surface area contributed by atoms with Gasteiger partial charge in [0.25, 0.3) is 0 Å². The lowest BCUT2D eigenvalue weighted by atomic mass is 10.1. The topological polar surface area (TPSA) is 64.3 Å². The summed E-state index contributed by atoms with van der Waals surface area (Å²) in [7, 11) is 1.29. The lowest BCUT2D eigenvalue weighted by Crippen LogP contribution is -2.04. The molecule has 0 aliphatic carbocycles. The number of ether oxygens (including phenoxy) is 1. The Morgan fingerprint density at radius 1 is 1.30 bits per heavy atom. The zero-order valence-corrected chi connectivity index (χ0v) is 11.4. The summed E-state index contributed by atoms with van der Waals surface area (Å²) in [5.74, 6) is -1.02. The highest BCUT2D eigenvalue weighted by Crippen LogP contribution is 2.26. The number of carbonyl (C=O) groups is 1. The molecule has 0 radical (unpaired) electrons. The average Bonchev–Trinajstić information content (AvgIpc) is 2.44. The minimum absolute atomic E-state index is 0.0341. The van der Waals surface area contributed by atoms with Gasteiger partial charge in [0.15, 0.2) is 0 Å². The summed E-state index contributed by atoms with van der Waals surface area (Å²) in [4.78, 5) is 11.5. The van der Waals surface area contributed by atoms with Gasteiger partial charge in [-0.1, -0.05) is 11.6 Å². The van der Waals surface area contributed by atoms with Crippen LogP contribution in [0.2, 0.25) is 5.02 Å². The number of hydrogen-bond donors (Lipinski definition) is 2. The third kappa shape index (κ3) is 3.00. The second-order valence-corrected chi connectivity index (χ2v) is 4.45. The molecule has 20 heavy (non-hydrogen) atoms. The van der Waals surface area contributed by atoms with Crippen LogP contribution in [0, 0.1) is 5.82 Å². The molecule has 2 rings (SSSR count). The number of halogens is 2. The monoisotopic (exact) mass is 294 g/mol. The molecule has 0 unspecified atom stereocenters. The number of benzene rings is 2. The van der Waals surface area contributed by atoms with Crippen molar-refractivity contribution in [1.29, 1.82) is 0 Å². The molecule has 0 aliphatic heterocycles. The molecular formula is C14H12ClFN2O2. The molecule has 0 saturated carbocycles. The quantitative estimate of drug-likeness (QED) is 0.671. The number of methoxy groups -OCH3 is 1. The molecular weight excluding hydrogens is 283 g/mol. The van der Waals surface area contributed by atoms with E-state index < -0.39 is 11.8 Å². The van der Waals surface area contributed by atoms with E-state index in [9.17, 15) is 9.18 Å². The maximum Gasteiger partial charge on any atom is 0.337 e. The number of anilines is 3. The first-order chi connectivity index (χ1) is 9.51. The van der Waals surface area contributed by atoms with Gasteiger partial charge in [-0.2, -0.15) is 0 Å². The van der Waals surface area contributed by atoms with Crippen molar-refractivity contribution >= 4 is 34.6 Å². The Morgan fingerprint density at radius 2 is 2.05 bits per heavy atom. The maximum atomic E-state index is 13.4. The third-order valence-corrected chi connectivity index (χ3v) is 2.98. The lowest BCUT2D eigenvalue weighted by molar-refractivity contribution is 0.0601. The smallest absolute Gasteiger partial charge is 0.337 e. The number of nitrogen functional groups attached to an aromatic ring is 1. The fraction of sp³-hybridized carbons (Fsp3) is 0.0714. The van der Waals surface area contributed by atoms with Crippen molar-refractivity contribution in [3.05, 3.63) is 52.8 Å². The van der Waals surface area contributed by atoms with E-state index in [0.717, 1.165) is 0 Å². The van der Waals surface area contributed by atoms with Crippen LogP contribution >= 0.6 is 11.6 Å². The van der Waals surface area contributed by atoms with Crippen LogP contribution in [0.1, 0.15) is 10.4 Å². The van der Waals surface area contributed by atoms with Crippen molar-refractivity contribution in [1.82, 2.24) is 0 Å². The van der Waals surface area contributed by atoms with Gasteiger partial charge in [-0.25, -0.2) is 9.18 Å². The molecule has 0 aromatic heterocycles. The van der Waals surface area contributed by atoms with Gasteiger partial charge < -0.3 is 15.8 Å². The van der Waals surface area contributed by atoms with E-state index in [1.165, 1.54) is 25.3 Å². The number of carbonyl (C=O) groups excluding carboxylic acids is 1. The molecule has 0 fully saturated rings. The summed E-state index contributed by atoms with van der Waals surface area (Å²) in [5.41, 5.74) is 7.54. The fourth-order valence-electron chi connectivity index (χ4n) is 1.64. The molecule has 0 amide bonds. The molecule has 0 spiro atoms. The van der Waals surface area contributed by atoms with Crippen LogP contribution in [0.4, 0.5) is 21.5 Å². The van der Waals surface area contributed by atoms with E-state index >= 15 is 0 Å². The number of nitrogens with two attached hydrogens (primary N) is 1. The summed E-state index contributed by atoms with van der Waals surface area (Å²) in [6, 6.07) is 8.94. The van der Waals surface area contributed by atoms with Crippen molar-refractivity contribution in [2.75, 3.05) is 18.2 Å². The Hall–Kier alpha value is -2.27. The predicted molar refractivity (Wildman–Crippen MR) is 76.9 cm³/mol. The summed E-state index contributed by atoms with van der Waals surface area (Å²) >= 11 is 5.61. The molecule has 3 N–H and O–H groups in total. The van der Waals surface area contributed by atoms with E-state index in [2.05, 4.69) is 10.1 Å². The lowest BCUT2D eigenvalue weighted by Gasteiger charge is -2.11. The van der Waals surface area contributed by atoms with Crippen LogP contribution in [-0.4, -0.2) is 13.1 Å². The van der Waals surface area contributed by atoms with Crippen LogP contribution in [0.25, 0.3) is 0 Å². The van der Waals surface area contributed by atoms with Crippen LogP contribution in [0.5, 0.6) is 0 Å². The van der Waals surface area contributed by atoms with E-state index in [-0.39, 0.29) is 5.02 Å². The summed E-state index contributed by atoms with van der Waals surface area (Å²) < 4.78 is 18.0. The molecule has 4 nitrogen and oxygen atoms in total. The summed E-state index contributed by atoms with van der Waals surface area (Å²) in [5, 5.41) is 2.96. The predicted octanol–water partition coefficient (Wildman–Crippen LogP) is 3.59. The molecule has 104 valence electrons. The third-order valence-electron chi connectivity index (χ3n) is 2.67. The largest absolute Gasteiger partial charge is 0.465 e. The van der Waals surface area contributed by atoms with Gasteiger partial charge in [0.05, 0.1) is 29.1 Å². The zero-order valence-electron chi connectivity index (χ0n) is 10.6. The van der Waals surface area contributed by atoms with Crippen molar-refractivity contribution in [3.8, 4) is 0 Å². The van der Waals surface area contributed by atoms with E-state index in [4.69, 9.17) is 17.3 Å². The zero-order chi connectivity index (χ0) is 14.7. The minimum Gasteiger partial charge on any atom is -0.465 e. The number of esters is 1. The molecule has 2 aromatic rings. The second-order valence-electron chi connectivity index (χ2n) is 4.05. The normalized spacial score (nSPS) is 10.2. The highest BCUT2D eigenvalue weighted by atomic mass is 35.5. The molecule has 0 bridgehead atoms. The van der Waals surface area contributed by atoms with Crippen molar-refractivity contribution in [3.63, 3.8) is 0 Å². The van der Waals surface area contributed by atoms with E-state index in [0.29, 0.717) is 22.6 Å².